The number of nitrogens with zero attached hydrogens (tertiary/aromatic N) is 10. The molecule has 0 saturated carbocycles. The van der Waals surface area contributed by atoms with Crippen LogP contribution in [0.15, 0.2) is 176 Å². The number of aromatic hydroxyl groups is 4. The number of nitrogens with one attached hydrogen (secondary N) is 4. The highest BCUT2D eigenvalue weighted by atomic mass is 32.2. The van der Waals surface area contributed by atoms with Crippen molar-refractivity contribution in [2.24, 2.45) is 20.5 Å². The van der Waals surface area contributed by atoms with Crippen LogP contribution in [0.2, 0.25) is 0 Å². The molecule has 0 aliphatic carbocycles. The van der Waals surface area contributed by atoms with E-state index in [0.717, 1.165) is 65.5 Å². The number of phenols is 2. The maximum absolute atomic E-state index is 12.8. The molecule has 0 unspecified atom stereocenters. The molecule has 15 N–H and O–H groups in total. The predicted octanol–water partition coefficient (Wildman–Crippen LogP) is 11.0. The summed E-state index contributed by atoms with van der Waals surface area (Å²) in [6.07, 6.45) is 0. The highest BCUT2D eigenvalue weighted by molar-refractivity contribution is 7.95. The Balaban J connectivity index is 0.000000601. The van der Waals surface area contributed by atoms with Gasteiger partial charge in [-0.15, -0.1) is 18.9 Å². The van der Waals surface area contributed by atoms with Crippen LogP contribution in [0, 0.1) is 13.8 Å². The van der Waals surface area contributed by atoms with Crippen molar-refractivity contribution >= 4 is 181 Å². The number of rotatable bonds is 22. The third kappa shape index (κ3) is 16.6. The molecule has 101 heavy (non-hydrogen) atoms. The SMILES string of the molecule is CN=Nc1c(S(=O)(=O)O)cc2cc(SOOO)cc(Nc3nc(O)nc(Nc4ccc(Nc5nc(O)nc(Nc6cc(S(=O)(=O)O)cc7cc(SOOO)c(N=Nc8ccc9c(S(=O)(=O)O)cccc9c8S(=O)(=O)O)c(O)c67)n5)cc4)n3)c2c1O.Cc1ccc2c(C)cccc2c1S(=O)(=O)O. The van der Waals surface area contributed by atoms with Crippen LogP contribution in [-0.4, -0.2) is 133 Å². The van der Waals surface area contributed by atoms with Crippen LogP contribution in [0.3, 0.4) is 0 Å². The van der Waals surface area contributed by atoms with E-state index in [2.05, 4.69) is 90.4 Å². The van der Waals surface area contributed by atoms with Crippen molar-refractivity contribution in [3.63, 3.8) is 0 Å². The van der Waals surface area contributed by atoms with Crippen molar-refractivity contribution in [2.75, 3.05) is 28.3 Å². The van der Waals surface area contributed by atoms with Gasteiger partial charge < -0.3 is 41.7 Å². The number of hydrogen-bond donors (Lipinski definition) is 15. The molecule has 526 valence electrons. The van der Waals surface area contributed by atoms with Crippen molar-refractivity contribution in [2.45, 2.75) is 48.1 Å². The Bertz CT molecular complexity index is 5860. The summed E-state index contributed by atoms with van der Waals surface area (Å²) in [5.74, 6) is -3.26. The maximum atomic E-state index is 12.8. The first-order chi connectivity index (χ1) is 47.5. The zero-order valence-corrected chi connectivity index (χ0v) is 56.2. The fourth-order valence-corrected chi connectivity index (χ4v) is 14.6. The number of fused-ring (bicyclic) bond motifs is 4. The minimum atomic E-state index is -5.29. The molecule has 39 nitrogen and oxygen atoms in total. The van der Waals surface area contributed by atoms with Crippen LogP contribution in [0.5, 0.6) is 23.5 Å². The predicted molar refractivity (Wildman–Crippen MR) is 356 cm³/mol. The Hall–Kier alpha value is -10.4. The van der Waals surface area contributed by atoms with Crippen LogP contribution in [0.25, 0.3) is 43.1 Å². The van der Waals surface area contributed by atoms with Crippen LogP contribution in [-0.2, 0) is 69.3 Å². The number of hydrogen-bond acceptors (Lipinski definition) is 36. The summed E-state index contributed by atoms with van der Waals surface area (Å²) in [6, 6.07) is 24.4. The molecular formula is C55H44N14O25S7. The first-order valence-electron chi connectivity index (χ1n) is 27.2. The number of aromatic nitrogens is 6. The van der Waals surface area contributed by atoms with E-state index in [4.69, 9.17) is 10.5 Å². The molecule has 0 fully saturated rings. The second-order valence-electron chi connectivity index (χ2n) is 20.4. The Morgan fingerprint density at radius 3 is 1.48 bits per heavy atom. The fraction of sp³-hybridized carbons (Fsp3) is 0.0545. The van der Waals surface area contributed by atoms with E-state index >= 15 is 0 Å². The number of azo groups is 2. The number of anilines is 8. The quantitative estimate of drug-likeness (QED) is 0.00985. The van der Waals surface area contributed by atoms with Gasteiger partial charge in [-0.3, -0.25) is 22.8 Å². The van der Waals surface area contributed by atoms with Crippen LogP contribution in [0.1, 0.15) is 11.1 Å². The smallest absolute Gasteiger partial charge is 0.320 e. The van der Waals surface area contributed by atoms with Crippen molar-refractivity contribution < 1.29 is 115 Å². The lowest BCUT2D eigenvalue weighted by molar-refractivity contribution is -0.432. The Morgan fingerprint density at radius 1 is 0.436 bits per heavy atom. The van der Waals surface area contributed by atoms with Crippen LogP contribution < -0.4 is 21.3 Å². The molecule has 0 atom stereocenters. The number of benzene rings is 9. The van der Waals surface area contributed by atoms with Gasteiger partial charge >= 0.3 is 12.0 Å². The van der Waals surface area contributed by atoms with Crippen molar-refractivity contribution in [1.29, 1.82) is 0 Å². The molecule has 2 heterocycles. The maximum Gasteiger partial charge on any atom is 0.320 e. The molecule has 46 heteroatoms. The van der Waals surface area contributed by atoms with Gasteiger partial charge in [0.25, 0.3) is 50.6 Å². The molecule has 0 amide bonds. The molecule has 2 aromatic heterocycles. The summed E-state index contributed by atoms with van der Waals surface area (Å²) in [5, 5.41) is 95.3. The topological polar surface area (TPSA) is 605 Å². The number of aryl methyl sites for hydroxylation is 2. The summed E-state index contributed by atoms with van der Waals surface area (Å²) in [7, 11) is -23.3. The highest BCUT2D eigenvalue weighted by Crippen LogP contribution is 2.50. The van der Waals surface area contributed by atoms with E-state index in [1.165, 1.54) is 43.4 Å². The van der Waals surface area contributed by atoms with E-state index in [-0.39, 0.29) is 88.6 Å². The second kappa shape index (κ2) is 29.1. The first kappa shape index (κ1) is 73.4. The Morgan fingerprint density at radius 2 is 0.941 bits per heavy atom. The Labute approximate surface area is 575 Å². The minimum Gasteiger partial charge on any atom is -0.505 e. The van der Waals surface area contributed by atoms with Crippen LogP contribution in [0.4, 0.5) is 63.6 Å². The van der Waals surface area contributed by atoms with E-state index in [0.29, 0.717) is 23.0 Å². The molecule has 11 aromatic rings. The van der Waals surface area contributed by atoms with E-state index in [9.17, 15) is 85.3 Å². The first-order valence-corrected chi connectivity index (χ1v) is 35.9. The van der Waals surface area contributed by atoms with Gasteiger partial charge in [-0.25, -0.2) is 10.5 Å². The molecular weight excluding hydrogens is 1480 g/mol. The standard InChI is InChI=1S/C43H32N14O22S6.C12H12O3S/c1-44-56-34-30(84(70,71)72)14-17-11-21(80-78-76-62)15-26(31(17)36(34)59)47-40-49-38(51-42(60)53-40)45-19-5-7-20(8-6-19)46-39-50-41(54-43(61)52-39)48-27-16-22(82(64,65)66)12-18-13-28(81-79-77-63)33(35(58)32(18)27)57-55-25-10-9-23-24(37(25)85(73,74)75)3-2-4-29(23)83(67,68)69;1-8-4-3-5-11-10(8)7-6-9(2)12(11)16(13,14)15/h2-16,58-59,62-63H,1H3,(H,64,65,66)(H,67,68,69)(H,70,71,72)(H,73,74,75)(H3,45,47,49,51,53,60)(H3,46,48,50,52,54,61);3-7H,1-2H3,(H,13,14,15). The van der Waals surface area contributed by atoms with Gasteiger partial charge in [0.1, 0.15) is 36.6 Å². The Kier molecular flexibility index (Phi) is 21.1. The molecule has 0 spiro atoms. The van der Waals surface area contributed by atoms with Crippen molar-refractivity contribution in [3.05, 3.63) is 132 Å². The lowest BCUT2D eigenvalue weighted by Crippen LogP contribution is -2.06. The lowest BCUT2D eigenvalue weighted by Gasteiger charge is -2.15. The minimum absolute atomic E-state index is 0.00806. The van der Waals surface area contributed by atoms with Crippen LogP contribution >= 0.6 is 24.1 Å². The average Bonchev–Trinajstić information content (AvgIpc) is 0.767. The average molecular weight is 1530 g/mol. The van der Waals surface area contributed by atoms with E-state index in [1.54, 1.807) is 25.1 Å². The summed E-state index contributed by atoms with van der Waals surface area (Å²) in [5.41, 5.74) is -0.395. The third-order valence-corrected chi connectivity index (χ3v) is 19.7. The molecule has 0 aliphatic heterocycles. The van der Waals surface area contributed by atoms with E-state index < -0.39 is 128 Å². The molecule has 0 bridgehead atoms. The highest BCUT2D eigenvalue weighted by Gasteiger charge is 2.28. The van der Waals surface area contributed by atoms with Gasteiger partial charge in [-0.1, -0.05) is 58.6 Å². The normalized spacial score (nSPS) is 12.4. The van der Waals surface area contributed by atoms with Gasteiger partial charge in [0.15, 0.2) is 11.5 Å². The zero-order valence-electron chi connectivity index (χ0n) is 50.5. The molecule has 0 radical (unpaired) electrons. The molecule has 0 aliphatic rings. The van der Waals surface area contributed by atoms with Gasteiger partial charge in [0.05, 0.1) is 45.3 Å². The van der Waals surface area contributed by atoms with Crippen molar-refractivity contribution in [3.8, 4) is 23.5 Å². The zero-order chi connectivity index (χ0) is 73.3. The van der Waals surface area contributed by atoms with Gasteiger partial charge in [0.2, 0.25) is 23.8 Å². The summed E-state index contributed by atoms with van der Waals surface area (Å²) < 4.78 is 180. The summed E-state index contributed by atoms with van der Waals surface area (Å²) in [4.78, 5) is 20.2. The lowest BCUT2D eigenvalue weighted by atomic mass is 10.0. The van der Waals surface area contributed by atoms with Gasteiger partial charge in [0, 0.05) is 50.2 Å². The summed E-state index contributed by atoms with van der Waals surface area (Å²) >= 11 is 0.574. The molecule has 11 rings (SSSR count). The monoisotopic (exact) mass is 1520 g/mol. The van der Waals surface area contributed by atoms with Gasteiger partial charge in [-0.2, -0.15) is 82.2 Å². The number of phenolic OH excluding ortho intramolecular Hbond substituents is 2. The summed E-state index contributed by atoms with van der Waals surface area (Å²) in [6.45, 7) is 3.58. The largest absolute Gasteiger partial charge is 0.505 e. The van der Waals surface area contributed by atoms with Crippen molar-refractivity contribution in [1.82, 2.24) is 29.9 Å². The molecule has 0 saturated heterocycles. The van der Waals surface area contributed by atoms with Gasteiger partial charge in [-0.05, 0) is 114 Å². The fourth-order valence-electron chi connectivity index (χ4n) is 9.97. The third-order valence-electron chi connectivity index (χ3n) is 13.9. The molecule has 9 aromatic carbocycles. The van der Waals surface area contributed by atoms with E-state index in [1.807, 2.05) is 19.1 Å². The second-order valence-corrected chi connectivity index (χ2v) is 28.8.